The molecule has 0 rings (SSSR count). The Morgan fingerprint density at radius 1 is 1.15 bits per heavy atom. The maximum absolute atomic E-state index is 8.04. The molecule has 0 spiro atoms. The lowest BCUT2D eigenvalue weighted by Gasteiger charge is -1.81. The number of rotatable bonds is 2. The molecule has 0 fully saturated rings. The second kappa shape index (κ2) is 22.4. The molecule has 13 heavy (non-hydrogen) atoms. The molecular formula is C11H23NO. The van der Waals surface area contributed by atoms with Gasteiger partial charge in [-0.25, -0.2) is 0 Å². The summed E-state index contributed by atoms with van der Waals surface area (Å²) in [5.41, 5.74) is 0.926. The van der Waals surface area contributed by atoms with Crippen molar-refractivity contribution in [3.8, 4) is 0 Å². The van der Waals surface area contributed by atoms with Crippen LogP contribution in [-0.4, -0.2) is 11.4 Å². The van der Waals surface area contributed by atoms with Crippen LogP contribution in [0.4, 0.5) is 0 Å². The van der Waals surface area contributed by atoms with Crippen molar-refractivity contribution in [2.45, 2.75) is 41.5 Å². The van der Waals surface area contributed by atoms with Crippen LogP contribution in [0.1, 0.15) is 41.5 Å². The summed E-state index contributed by atoms with van der Waals surface area (Å²) < 4.78 is 0. The maximum Gasteiger partial charge on any atom is 0.0690 e. The van der Waals surface area contributed by atoms with Gasteiger partial charge in [0.05, 0.1) is 6.21 Å². The summed E-state index contributed by atoms with van der Waals surface area (Å²) in [7, 11) is 0. The molecule has 0 heterocycles. The van der Waals surface area contributed by atoms with Crippen molar-refractivity contribution in [3.05, 3.63) is 23.8 Å². The van der Waals surface area contributed by atoms with E-state index in [9.17, 15) is 0 Å². The van der Waals surface area contributed by atoms with Crippen LogP contribution < -0.4 is 0 Å². The fourth-order valence-corrected chi connectivity index (χ4v) is 0.382. The van der Waals surface area contributed by atoms with E-state index in [2.05, 4.69) is 5.16 Å². The fraction of sp³-hybridized carbons (Fsp3) is 0.545. The van der Waals surface area contributed by atoms with Gasteiger partial charge in [0.2, 0.25) is 0 Å². The molecule has 0 saturated carbocycles. The smallest absolute Gasteiger partial charge is 0.0690 e. The molecule has 0 amide bonds. The van der Waals surface area contributed by atoms with Crippen molar-refractivity contribution >= 4 is 6.21 Å². The summed E-state index contributed by atoms with van der Waals surface area (Å²) in [6.07, 6.45) is 7.05. The highest BCUT2D eigenvalue weighted by Gasteiger charge is 1.75. The Morgan fingerprint density at radius 2 is 1.62 bits per heavy atom. The monoisotopic (exact) mass is 185 g/mol. The van der Waals surface area contributed by atoms with Crippen LogP contribution in [0.5, 0.6) is 0 Å². The van der Waals surface area contributed by atoms with Crippen LogP contribution in [0, 0.1) is 0 Å². The molecule has 0 radical (unpaired) electrons. The van der Waals surface area contributed by atoms with E-state index in [-0.39, 0.29) is 0 Å². The molecule has 0 aliphatic rings. The van der Waals surface area contributed by atoms with Gasteiger partial charge in [0, 0.05) is 0 Å². The molecule has 0 aliphatic heterocycles. The van der Waals surface area contributed by atoms with E-state index < -0.39 is 0 Å². The van der Waals surface area contributed by atoms with Gasteiger partial charge in [-0.1, -0.05) is 51.1 Å². The molecular weight excluding hydrogens is 162 g/mol. The van der Waals surface area contributed by atoms with Crippen LogP contribution in [0.3, 0.4) is 0 Å². The minimum Gasteiger partial charge on any atom is -0.411 e. The van der Waals surface area contributed by atoms with Gasteiger partial charge < -0.3 is 5.21 Å². The van der Waals surface area contributed by atoms with Gasteiger partial charge >= 0.3 is 0 Å². The van der Waals surface area contributed by atoms with Gasteiger partial charge in [0.1, 0.15) is 0 Å². The summed E-state index contributed by atoms with van der Waals surface area (Å²) in [6, 6.07) is 0. The third kappa shape index (κ3) is 24.8. The first kappa shape index (κ1) is 17.9. The average Bonchev–Trinajstić information content (AvgIpc) is 2.21. The standard InChI is InChI=1S/C7H11NO.2C2H6/c1-3-4-5-7(2)6-8-9;2*1-2/h3-6,9H,1-2H3;2*1-2H3/b4-3-,7-5+,8-6+;;. The lowest BCUT2D eigenvalue weighted by molar-refractivity contribution is 0.321. The van der Waals surface area contributed by atoms with Crippen molar-refractivity contribution in [2.24, 2.45) is 5.16 Å². The van der Waals surface area contributed by atoms with E-state index in [1.807, 2.05) is 59.8 Å². The van der Waals surface area contributed by atoms with E-state index in [0.717, 1.165) is 5.57 Å². The SMILES string of the molecule is CC.CC.C\C=C/C=C(C)/C=N/O. The third-order valence-electron chi connectivity index (χ3n) is 0.813. The summed E-state index contributed by atoms with van der Waals surface area (Å²) >= 11 is 0. The summed E-state index contributed by atoms with van der Waals surface area (Å²) in [6.45, 7) is 11.8. The van der Waals surface area contributed by atoms with Gasteiger partial charge in [0.25, 0.3) is 0 Å². The first-order valence-corrected chi connectivity index (χ1v) is 4.78. The van der Waals surface area contributed by atoms with Crippen LogP contribution in [0.2, 0.25) is 0 Å². The molecule has 0 atom stereocenters. The van der Waals surface area contributed by atoms with Crippen molar-refractivity contribution in [3.63, 3.8) is 0 Å². The van der Waals surface area contributed by atoms with Crippen LogP contribution in [0.25, 0.3) is 0 Å². The predicted molar refractivity (Wildman–Crippen MR) is 61.5 cm³/mol. The predicted octanol–water partition coefficient (Wildman–Crippen LogP) is 4.02. The average molecular weight is 185 g/mol. The van der Waals surface area contributed by atoms with Gasteiger partial charge in [-0.15, -0.1) is 0 Å². The molecule has 0 aromatic carbocycles. The Hall–Kier alpha value is -1.05. The van der Waals surface area contributed by atoms with Gasteiger partial charge in [-0.3, -0.25) is 0 Å². The first-order valence-electron chi connectivity index (χ1n) is 4.78. The Labute approximate surface area is 82.7 Å². The number of nitrogens with zero attached hydrogens (tertiary/aromatic N) is 1. The number of allylic oxidation sites excluding steroid dienone is 4. The number of hydrogen-bond donors (Lipinski definition) is 1. The molecule has 0 saturated heterocycles. The maximum atomic E-state index is 8.04. The Kier molecular flexibility index (Phi) is 30.9. The molecule has 0 unspecified atom stereocenters. The highest BCUT2D eigenvalue weighted by Crippen LogP contribution is 1.87. The summed E-state index contributed by atoms with van der Waals surface area (Å²) in [5, 5.41) is 10.9. The Bertz CT molecular complexity index is 146. The van der Waals surface area contributed by atoms with Crippen molar-refractivity contribution < 1.29 is 5.21 Å². The van der Waals surface area contributed by atoms with E-state index in [1.54, 1.807) is 0 Å². The van der Waals surface area contributed by atoms with E-state index in [4.69, 9.17) is 5.21 Å². The molecule has 0 bridgehead atoms. The largest absolute Gasteiger partial charge is 0.411 e. The summed E-state index contributed by atoms with van der Waals surface area (Å²) in [5.74, 6) is 0. The topological polar surface area (TPSA) is 32.6 Å². The van der Waals surface area contributed by atoms with Crippen molar-refractivity contribution in [1.29, 1.82) is 0 Å². The Morgan fingerprint density at radius 3 is 1.92 bits per heavy atom. The minimum absolute atomic E-state index is 0.926. The molecule has 1 N–H and O–H groups in total. The fourth-order valence-electron chi connectivity index (χ4n) is 0.382. The minimum atomic E-state index is 0.926. The van der Waals surface area contributed by atoms with Crippen molar-refractivity contribution in [1.82, 2.24) is 0 Å². The highest BCUT2D eigenvalue weighted by molar-refractivity contribution is 5.77. The zero-order valence-corrected chi connectivity index (χ0v) is 9.70. The molecule has 2 nitrogen and oxygen atoms in total. The lowest BCUT2D eigenvalue weighted by atomic mass is 10.3. The van der Waals surface area contributed by atoms with Crippen LogP contribution in [-0.2, 0) is 0 Å². The van der Waals surface area contributed by atoms with E-state index in [0.29, 0.717) is 0 Å². The Balaban J connectivity index is -0.000000218. The molecule has 0 aromatic rings. The van der Waals surface area contributed by atoms with Crippen LogP contribution >= 0.6 is 0 Å². The summed E-state index contributed by atoms with van der Waals surface area (Å²) in [4.78, 5) is 0. The van der Waals surface area contributed by atoms with Crippen molar-refractivity contribution in [2.75, 3.05) is 0 Å². The molecule has 0 aromatic heterocycles. The zero-order valence-electron chi connectivity index (χ0n) is 9.70. The number of oxime groups is 1. The highest BCUT2D eigenvalue weighted by atomic mass is 16.4. The molecule has 78 valence electrons. The lowest BCUT2D eigenvalue weighted by Crippen LogP contribution is -1.73. The first-order chi connectivity index (χ1) is 6.31. The van der Waals surface area contributed by atoms with Crippen LogP contribution in [0.15, 0.2) is 29.0 Å². The second-order valence-corrected chi connectivity index (χ2v) is 1.68. The van der Waals surface area contributed by atoms with Gasteiger partial charge in [-0.05, 0) is 19.4 Å². The van der Waals surface area contributed by atoms with Gasteiger partial charge in [0.15, 0.2) is 0 Å². The van der Waals surface area contributed by atoms with E-state index in [1.165, 1.54) is 6.21 Å². The molecule has 0 aliphatic carbocycles. The molecule has 2 heteroatoms. The zero-order chi connectivity index (χ0) is 11.1. The van der Waals surface area contributed by atoms with Gasteiger partial charge in [-0.2, -0.15) is 0 Å². The normalized spacial score (nSPS) is 10.5. The third-order valence-corrected chi connectivity index (χ3v) is 0.813. The van der Waals surface area contributed by atoms with E-state index >= 15 is 0 Å². The number of hydrogen-bond acceptors (Lipinski definition) is 2. The quantitative estimate of drug-likeness (QED) is 0.300. The second-order valence-electron chi connectivity index (χ2n) is 1.68.